The first-order valence-corrected chi connectivity index (χ1v) is 7.98. The van der Waals surface area contributed by atoms with Crippen molar-refractivity contribution in [3.63, 3.8) is 0 Å². The topological polar surface area (TPSA) is 73.6 Å². The quantitative estimate of drug-likeness (QED) is 0.829. The van der Waals surface area contributed by atoms with Crippen molar-refractivity contribution in [1.82, 2.24) is 5.16 Å². The van der Waals surface area contributed by atoms with Crippen LogP contribution in [0.25, 0.3) is 0 Å². The summed E-state index contributed by atoms with van der Waals surface area (Å²) in [6, 6.07) is 6.94. The molecule has 6 nitrogen and oxygen atoms in total. The number of amides is 1. The number of nitrogens with one attached hydrogen (secondary N) is 1. The summed E-state index contributed by atoms with van der Waals surface area (Å²) in [6.45, 7) is 6.32. The van der Waals surface area contributed by atoms with Crippen molar-refractivity contribution in [3.8, 4) is 11.5 Å². The van der Waals surface area contributed by atoms with E-state index < -0.39 is 0 Å². The van der Waals surface area contributed by atoms with Crippen LogP contribution in [0.1, 0.15) is 49.7 Å². The van der Waals surface area contributed by atoms with Gasteiger partial charge in [0.15, 0.2) is 5.82 Å². The molecule has 0 saturated heterocycles. The molecule has 1 aromatic carbocycles. The highest BCUT2D eigenvalue weighted by Gasteiger charge is 2.28. The molecule has 1 aromatic heterocycles. The van der Waals surface area contributed by atoms with E-state index in [1.54, 1.807) is 24.3 Å². The van der Waals surface area contributed by atoms with Gasteiger partial charge in [0, 0.05) is 11.5 Å². The molecule has 24 heavy (non-hydrogen) atoms. The molecule has 6 heteroatoms. The van der Waals surface area contributed by atoms with E-state index in [1.807, 2.05) is 0 Å². The van der Waals surface area contributed by atoms with Gasteiger partial charge in [-0.25, -0.2) is 0 Å². The van der Waals surface area contributed by atoms with Crippen molar-refractivity contribution in [2.75, 3.05) is 19.5 Å². The van der Waals surface area contributed by atoms with Crippen LogP contribution in [-0.2, 0) is 5.41 Å². The van der Waals surface area contributed by atoms with Crippen molar-refractivity contribution in [1.29, 1.82) is 0 Å². The van der Waals surface area contributed by atoms with E-state index in [0.29, 0.717) is 22.9 Å². The van der Waals surface area contributed by atoms with Crippen LogP contribution in [0.4, 0.5) is 5.82 Å². The molecule has 130 valence electrons. The molecule has 0 bridgehead atoms. The van der Waals surface area contributed by atoms with Gasteiger partial charge in [0.05, 0.1) is 14.2 Å². The van der Waals surface area contributed by atoms with Crippen LogP contribution in [0, 0.1) is 0 Å². The van der Waals surface area contributed by atoms with Crippen LogP contribution in [0.3, 0.4) is 0 Å². The number of ether oxygens (including phenoxy) is 2. The average Bonchev–Trinajstić information content (AvgIpc) is 3.09. The van der Waals surface area contributed by atoms with Gasteiger partial charge in [0.25, 0.3) is 5.91 Å². The Labute approximate surface area is 142 Å². The Bertz CT molecular complexity index is 683. The average molecular weight is 332 g/mol. The minimum atomic E-state index is -0.362. The molecule has 0 aliphatic heterocycles. The lowest BCUT2D eigenvalue weighted by Crippen LogP contribution is -2.18. The fourth-order valence-corrected chi connectivity index (χ4v) is 2.47. The molecule has 2 rings (SSSR count). The predicted octanol–water partition coefficient (Wildman–Crippen LogP) is 4.02. The Balaban J connectivity index is 2.27. The first kappa shape index (κ1) is 17.8. The van der Waals surface area contributed by atoms with Crippen LogP contribution >= 0.6 is 0 Å². The maximum Gasteiger partial charge on any atom is 0.264 e. The fraction of sp³-hybridized carbons (Fsp3) is 0.444. The number of rotatable bonds is 7. The van der Waals surface area contributed by atoms with Crippen LogP contribution < -0.4 is 14.8 Å². The summed E-state index contributed by atoms with van der Waals surface area (Å²) in [5.74, 6) is 1.63. The Hall–Kier alpha value is -2.50. The molecule has 1 N–H and O–H groups in total. The lowest BCUT2D eigenvalue weighted by atomic mass is 9.82. The van der Waals surface area contributed by atoms with Crippen molar-refractivity contribution in [3.05, 3.63) is 35.6 Å². The van der Waals surface area contributed by atoms with Gasteiger partial charge < -0.3 is 19.3 Å². The number of anilines is 1. The number of benzene rings is 1. The molecular formula is C18H24N2O4. The van der Waals surface area contributed by atoms with Gasteiger partial charge in [-0.1, -0.05) is 32.0 Å². The number of hydrogen-bond donors (Lipinski definition) is 1. The van der Waals surface area contributed by atoms with E-state index in [4.69, 9.17) is 14.0 Å². The number of methoxy groups -OCH3 is 2. The molecule has 1 amide bonds. The van der Waals surface area contributed by atoms with Gasteiger partial charge in [0.2, 0.25) is 0 Å². The number of carbonyl (C=O) groups excluding carboxylic acids is 1. The zero-order chi connectivity index (χ0) is 17.7. The third-order valence-corrected chi connectivity index (χ3v) is 4.56. The number of nitrogens with zero attached hydrogens (tertiary/aromatic N) is 1. The van der Waals surface area contributed by atoms with Gasteiger partial charge in [-0.15, -0.1) is 0 Å². The Morgan fingerprint density at radius 3 is 2.29 bits per heavy atom. The first-order valence-electron chi connectivity index (χ1n) is 7.98. The molecule has 0 saturated carbocycles. The molecule has 0 atom stereocenters. The second-order valence-corrected chi connectivity index (χ2v) is 5.84. The molecule has 0 aliphatic rings. The van der Waals surface area contributed by atoms with Gasteiger partial charge in [-0.2, -0.15) is 0 Å². The maximum absolute atomic E-state index is 12.6. The lowest BCUT2D eigenvalue weighted by molar-refractivity contribution is 0.102. The van der Waals surface area contributed by atoms with Gasteiger partial charge >= 0.3 is 0 Å². The summed E-state index contributed by atoms with van der Waals surface area (Å²) in [7, 11) is 3.02. The highest BCUT2D eigenvalue weighted by molar-refractivity contribution is 6.07. The third-order valence-electron chi connectivity index (χ3n) is 4.56. The molecule has 0 unspecified atom stereocenters. The van der Waals surface area contributed by atoms with Crippen molar-refractivity contribution >= 4 is 11.7 Å². The van der Waals surface area contributed by atoms with E-state index in [9.17, 15) is 4.79 Å². The highest BCUT2D eigenvalue weighted by atomic mass is 16.5. The van der Waals surface area contributed by atoms with E-state index in [1.165, 1.54) is 14.2 Å². The Kier molecular flexibility index (Phi) is 5.49. The van der Waals surface area contributed by atoms with Gasteiger partial charge in [0.1, 0.15) is 22.8 Å². The minimum absolute atomic E-state index is 0.0991. The third kappa shape index (κ3) is 3.37. The summed E-state index contributed by atoms with van der Waals surface area (Å²) in [6.07, 6.45) is 1.85. The Morgan fingerprint density at radius 2 is 1.79 bits per heavy atom. The second-order valence-electron chi connectivity index (χ2n) is 5.84. The van der Waals surface area contributed by atoms with E-state index in [-0.39, 0.29) is 11.3 Å². The molecule has 0 aliphatic carbocycles. The van der Waals surface area contributed by atoms with Gasteiger partial charge in [-0.05, 0) is 25.0 Å². The number of aromatic nitrogens is 1. The zero-order valence-electron chi connectivity index (χ0n) is 14.8. The van der Waals surface area contributed by atoms with Gasteiger partial charge in [-0.3, -0.25) is 4.79 Å². The summed E-state index contributed by atoms with van der Waals surface area (Å²) >= 11 is 0. The molecule has 0 spiro atoms. The summed E-state index contributed by atoms with van der Waals surface area (Å²) in [4.78, 5) is 12.6. The summed E-state index contributed by atoms with van der Waals surface area (Å²) in [5, 5.41) is 6.71. The highest BCUT2D eigenvalue weighted by Crippen LogP contribution is 2.33. The van der Waals surface area contributed by atoms with Crippen molar-refractivity contribution in [2.45, 2.75) is 39.0 Å². The Morgan fingerprint density at radius 1 is 1.21 bits per heavy atom. The summed E-state index contributed by atoms with van der Waals surface area (Å²) in [5.41, 5.74) is 0.221. The monoisotopic (exact) mass is 332 g/mol. The SMILES string of the molecule is CCC(C)(CC)c1cc(NC(=O)c2c(OC)cccc2OC)no1. The molecular weight excluding hydrogens is 308 g/mol. The molecule has 0 radical (unpaired) electrons. The van der Waals surface area contributed by atoms with Crippen LogP contribution in [0.15, 0.2) is 28.8 Å². The van der Waals surface area contributed by atoms with Crippen molar-refractivity contribution < 1.29 is 18.8 Å². The number of hydrogen-bond acceptors (Lipinski definition) is 5. The smallest absolute Gasteiger partial charge is 0.264 e. The van der Waals surface area contributed by atoms with E-state index in [2.05, 4.69) is 31.2 Å². The molecule has 0 fully saturated rings. The lowest BCUT2D eigenvalue weighted by Gasteiger charge is -2.22. The summed E-state index contributed by atoms with van der Waals surface area (Å²) < 4.78 is 15.9. The minimum Gasteiger partial charge on any atom is -0.496 e. The predicted molar refractivity (Wildman–Crippen MR) is 91.9 cm³/mol. The molecule has 1 heterocycles. The standard InChI is InChI=1S/C18H24N2O4/c1-6-18(3,7-2)14-11-15(20-24-14)19-17(21)16-12(22-4)9-8-10-13(16)23-5/h8-11H,6-7H2,1-5H3,(H,19,20,21). The van der Waals surface area contributed by atoms with Crippen LogP contribution in [0.2, 0.25) is 0 Å². The largest absolute Gasteiger partial charge is 0.496 e. The fourth-order valence-electron chi connectivity index (χ4n) is 2.47. The van der Waals surface area contributed by atoms with E-state index >= 15 is 0 Å². The normalized spacial score (nSPS) is 11.2. The molecule has 2 aromatic rings. The van der Waals surface area contributed by atoms with E-state index in [0.717, 1.165) is 18.6 Å². The van der Waals surface area contributed by atoms with Crippen molar-refractivity contribution in [2.24, 2.45) is 0 Å². The maximum atomic E-state index is 12.6. The van der Waals surface area contributed by atoms with Crippen LogP contribution in [-0.4, -0.2) is 25.3 Å². The second kappa shape index (κ2) is 7.38. The first-order chi connectivity index (χ1) is 11.5. The van der Waals surface area contributed by atoms with Crippen LogP contribution in [0.5, 0.6) is 11.5 Å². The zero-order valence-corrected chi connectivity index (χ0v) is 14.8. The number of carbonyl (C=O) groups is 1.